The van der Waals surface area contributed by atoms with Crippen molar-refractivity contribution in [3.8, 4) is 0 Å². The minimum Gasteiger partial charge on any atom is -0.392 e. The van der Waals surface area contributed by atoms with Crippen LogP contribution in [0.3, 0.4) is 0 Å². The largest absolute Gasteiger partial charge is 0.392 e. The lowest BCUT2D eigenvalue weighted by Gasteiger charge is -2.08. The number of nitrogens with one attached hydrogen (secondary N) is 2. The Hall–Kier alpha value is -1.67. The van der Waals surface area contributed by atoms with Crippen LogP contribution in [0.25, 0.3) is 0 Å². The number of rotatable bonds is 8. The number of nitrogens with zero attached hydrogens (tertiary/aromatic N) is 3. The van der Waals surface area contributed by atoms with Gasteiger partial charge >= 0.3 is 5.69 Å². The number of aromatic nitrogens is 2. The van der Waals surface area contributed by atoms with Gasteiger partial charge in [0.25, 0.3) is 0 Å². The maximum Gasteiger partial charge on any atom is 0.333 e. The van der Waals surface area contributed by atoms with Crippen molar-refractivity contribution < 1.29 is 10.0 Å². The Bertz CT molecular complexity index is 430. The van der Waals surface area contributed by atoms with Gasteiger partial charge in [0.2, 0.25) is 5.82 Å². The van der Waals surface area contributed by atoms with E-state index >= 15 is 0 Å². The molecule has 1 atom stereocenters. The van der Waals surface area contributed by atoms with E-state index in [2.05, 4.69) is 15.7 Å². The number of anilines is 1. The topological polar surface area (TPSA) is 105 Å². The fraction of sp³-hybridized carbons (Fsp3) is 0.727. The summed E-state index contributed by atoms with van der Waals surface area (Å²) < 4.78 is 1.49. The highest BCUT2D eigenvalue weighted by atomic mass is 16.6. The van der Waals surface area contributed by atoms with Gasteiger partial charge in [0.05, 0.1) is 11.0 Å². The monoisotopic (exact) mass is 271 g/mol. The molecule has 0 saturated heterocycles. The van der Waals surface area contributed by atoms with E-state index in [9.17, 15) is 10.1 Å². The normalized spacial score (nSPS) is 12.4. The first-order valence-electron chi connectivity index (χ1n) is 6.30. The summed E-state index contributed by atoms with van der Waals surface area (Å²) >= 11 is 0. The summed E-state index contributed by atoms with van der Waals surface area (Å²) in [5.41, 5.74) is 0.521. The molecule has 0 saturated carbocycles. The van der Waals surface area contributed by atoms with Crippen molar-refractivity contribution in [1.82, 2.24) is 15.1 Å². The average molecular weight is 271 g/mol. The maximum atomic E-state index is 11.1. The van der Waals surface area contributed by atoms with Gasteiger partial charge in [-0.1, -0.05) is 6.92 Å². The van der Waals surface area contributed by atoms with Crippen LogP contribution in [0.5, 0.6) is 0 Å². The van der Waals surface area contributed by atoms with Crippen LogP contribution in [0, 0.1) is 10.1 Å². The molecule has 108 valence electrons. The maximum absolute atomic E-state index is 11.1. The first-order valence-corrected chi connectivity index (χ1v) is 6.30. The minimum atomic E-state index is -0.405. The molecule has 1 aromatic heterocycles. The van der Waals surface area contributed by atoms with Crippen LogP contribution >= 0.6 is 0 Å². The second kappa shape index (κ2) is 7.05. The van der Waals surface area contributed by atoms with E-state index in [1.54, 1.807) is 14.0 Å². The molecule has 0 fully saturated rings. The molecular weight excluding hydrogens is 250 g/mol. The number of nitro groups is 1. The van der Waals surface area contributed by atoms with Crippen LogP contribution in [-0.4, -0.2) is 45.5 Å². The third kappa shape index (κ3) is 4.18. The van der Waals surface area contributed by atoms with E-state index in [1.165, 1.54) is 4.68 Å². The molecule has 0 aliphatic carbocycles. The lowest BCUT2D eigenvalue weighted by Crippen LogP contribution is -2.29. The van der Waals surface area contributed by atoms with Crippen LogP contribution in [0.4, 0.5) is 11.5 Å². The molecule has 0 aliphatic rings. The third-order valence-corrected chi connectivity index (χ3v) is 2.64. The second-order valence-corrected chi connectivity index (χ2v) is 4.36. The van der Waals surface area contributed by atoms with Crippen LogP contribution < -0.4 is 10.6 Å². The Balaban J connectivity index is 2.62. The molecule has 3 N–H and O–H groups in total. The van der Waals surface area contributed by atoms with E-state index in [-0.39, 0.29) is 5.69 Å². The fourth-order valence-electron chi connectivity index (χ4n) is 1.78. The number of aliphatic hydroxyl groups excluding tert-OH is 1. The summed E-state index contributed by atoms with van der Waals surface area (Å²) in [6, 6.07) is 0. The van der Waals surface area contributed by atoms with E-state index in [0.29, 0.717) is 37.6 Å². The molecule has 8 nitrogen and oxygen atoms in total. The summed E-state index contributed by atoms with van der Waals surface area (Å²) in [5.74, 6) is 0.417. The van der Waals surface area contributed by atoms with Crippen LogP contribution in [0.15, 0.2) is 0 Å². The predicted octanol–water partition coefficient (Wildman–Crippen LogP) is 0.273. The van der Waals surface area contributed by atoms with Gasteiger partial charge in [0, 0.05) is 26.7 Å². The van der Waals surface area contributed by atoms with Crippen LogP contribution in [0.1, 0.15) is 19.5 Å². The van der Waals surface area contributed by atoms with E-state index in [0.717, 1.165) is 0 Å². The molecule has 1 aromatic rings. The van der Waals surface area contributed by atoms with Gasteiger partial charge in [-0.25, -0.2) is 4.68 Å². The van der Waals surface area contributed by atoms with Crippen LogP contribution in [-0.2, 0) is 13.5 Å². The van der Waals surface area contributed by atoms with Crippen molar-refractivity contribution >= 4 is 11.5 Å². The third-order valence-electron chi connectivity index (χ3n) is 2.64. The number of hydrogen-bond acceptors (Lipinski definition) is 6. The van der Waals surface area contributed by atoms with Crippen molar-refractivity contribution in [2.75, 3.05) is 25.0 Å². The molecule has 0 aromatic carbocycles. The minimum absolute atomic E-state index is 0.0422. The first kappa shape index (κ1) is 15.4. The molecule has 0 aliphatic heterocycles. The Morgan fingerprint density at radius 2 is 2.21 bits per heavy atom. The summed E-state index contributed by atoms with van der Waals surface area (Å²) in [6.45, 7) is 5.16. The fourth-order valence-corrected chi connectivity index (χ4v) is 1.78. The van der Waals surface area contributed by atoms with Crippen molar-refractivity contribution in [2.24, 2.45) is 7.05 Å². The Morgan fingerprint density at radius 3 is 2.74 bits per heavy atom. The second-order valence-electron chi connectivity index (χ2n) is 4.36. The molecule has 0 radical (unpaired) electrons. The van der Waals surface area contributed by atoms with Crippen molar-refractivity contribution in [3.05, 3.63) is 15.8 Å². The summed E-state index contributed by atoms with van der Waals surface area (Å²) in [6.07, 6.45) is 0.115. The zero-order chi connectivity index (χ0) is 14.4. The summed E-state index contributed by atoms with van der Waals surface area (Å²) in [7, 11) is 1.68. The van der Waals surface area contributed by atoms with Gasteiger partial charge in [-0.3, -0.25) is 10.1 Å². The highest BCUT2D eigenvalue weighted by Gasteiger charge is 2.24. The van der Waals surface area contributed by atoms with Gasteiger partial charge in [-0.2, -0.15) is 5.10 Å². The molecule has 1 rings (SSSR count). The molecule has 1 unspecified atom stereocenters. The van der Waals surface area contributed by atoms with E-state index < -0.39 is 11.0 Å². The number of aryl methyl sites for hydroxylation is 2. The van der Waals surface area contributed by atoms with Gasteiger partial charge in [0.1, 0.15) is 5.69 Å². The molecule has 0 spiro atoms. The molecule has 0 bridgehead atoms. The van der Waals surface area contributed by atoms with Gasteiger partial charge in [-0.05, 0) is 13.3 Å². The highest BCUT2D eigenvalue weighted by molar-refractivity contribution is 5.59. The van der Waals surface area contributed by atoms with Gasteiger partial charge < -0.3 is 15.7 Å². The molecular formula is C11H21N5O3. The van der Waals surface area contributed by atoms with Crippen molar-refractivity contribution in [3.63, 3.8) is 0 Å². The predicted molar refractivity (Wildman–Crippen MR) is 72.3 cm³/mol. The van der Waals surface area contributed by atoms with Crippen LogP contribution in [0.2, 0.25) is 0 Å². The highest BCUT2D eigenvalue weighted by Crippen LogP contribution is 2.27. The standard InChI is InChI=1S/C11H21N5O3/c1-4-9-10(16(18)19)11(15(3)14-9)13-6-5-12-7-8(2)17/h8,12-13,17H,4-7H2,1-3H3. The molecule has 1 heterocycles. The smallest absolute Gasteiger partial charge is 0.333 e. The lowest BCUT2D eigenvalue weighted by molar-refractivity contribution is -0.384. The quantitative estimate of drug-likeness (QED) is 0.356. The number of hydrogen-bond donors (Lipinski definition) is 3. The molecule has 8 heteroatoms. The van der Waals surface area contributed by atoms with Gasteiger partial charge in [-0.15, -0.1) is 0 Å². The van der Waals surface area contributed by atoms with Crippen molar-refractivity contribution in [1.29, 1.82) is 0 Å². The molecule has 0 amide bonds. The Kier molecular flexibility index (Phi) is 5.71. The SMILES string of the molecule is CCc1nn(C)c(NCCNCC(C)O)c1[N+](=O)[O-]. The van der Waals surface area contributed by atoms with E-state index in [1.807, 2.05) is 6.92 Å². The van der Waals surface area contributed by atoms with Gasteiger partial charge in [0.15, 0.2) is 0 Å². The lowest BCUT2D eigenvalue weighted by atomic mass is 10.3. The Labute approximate surface area is 112 Å². The Morgan fingerprint density at radius 1 is 1.53 bits per heavy atom. The van der Waals surface area contributed by atoms with E-state index in [4.69, 9.17) is 5.11 Å². The zero-order valence-corrected chi connectivity index (χ0v) is 11.5. The first-order chi connectivity index (χ1) is 8.97. The summed E-state index contributed by atoms with van der Waals surface area (Å²) in [4.78, 5) is 10.7. The number of aliphatic hydroxyl groups is 1. The summed E-state index contributed by atoms with van der Waals surface area (Å²) in [5, 5.41) is 30.3. The van der Waals surface area contributed by atoms with Crippen molar-refractivity contribution in [2.45, 2.75) is 26.4 Å². The molecule has 19 heavy (non-hydrogen) atoms. The zero-order valence-electron chi connectivity index (χ0n) is 11.5. The average Bonchev–Trinajstić information content (AvgIpc) is 2.65.